The van der Waals surface area contributed by atoms with Crippen molar-refractivity contribution in [3.8, 4) is 0 Å². The Morgan fingerprint density at radius 2 is 1.97 bits per heavy atom. The van der Waals surface area contributed by atoms with Crippen molar-refractivity contribution in [1.82, 2.24) is 9.71 Å². The molecule has 2 atom stereocenters. The molecule has 5 rings (SSSR count). The fourth-order valence-electron chi connectivity index (χ4n) is 5.57. The minimum atomic E-state index is -3.76. The van der Waals surface area contributed by atoms with Gasteiger partial charge in [-0.25, -0.2) is 13.1 Å². The number of nitrogens with zero attached hydrogens (tertiary/aromatic N) is 1. The van der Waals surface area contributed by atoms with Crippen molar-refractivity contribution in [2.45, 2.75) is 87.0 Å². The van der Waals surface area contributed by atoms with Gasteiger partial charge < -0.3 is 15.2 Å². The number of sulfonamides is 1. The fraction of sp³-hybridized carbons (Fsp3) is 0.609. The number of ether oxygens (including phenoxy) is 1. The third-order valence-corrected chi connectivity index (χ3v) is 8.77. The summed E-state index contributed by atoms with van der Waals surface area (Å²) in [7, 11) is -3.76. The minimum Gasteiger partial charge on any atom is -0.393 e. The van der Waals surface area contributed by atoms with Gasteiger partial charge in [0.2, 0.25) is 10.0 Å². The van der Waals surface area contributed by atoms with Crippen LogP contribution in [0, 0.1) is 6.92 Å². The van der Waals surface area contributed by atoms with Crippen LogP contribution in [0.3, 0.4) is 0 Å². The number of aryl methyl sites for hydroxylation is 1. The van der Waals surface area contributed by atoms with E-state index in [4.69, 9.17) is 4.74 Å². The molecular formula is C23H31N3O4S. The molecule has 2 aliphatic carbocycles. The Morgan fingerprint density at radius 3 is 2.77 bits per heavy atom. The standard InChI is InChI=1S/C23H31N3O4S/c1-15-14-19(25-16-7-9-17(27)10-8-16)18-4-2-5-20(22(18)24-15)31(28,29)26-23-11-3-6-21(23)30-13-12-23/h2,4-5,14,16-17,21,26-27H,3,6-13H2,1H3,(H,24,25)/t16?,17?,21-,23+/m1/s1. The molecule has 1 aliphatic heterocycles. The average Bonchev–Trinajstić information content (AvgIpc) is 3.28. The number of para-hydroxylation sites is 1. The summed E-state index contributed by atoms with van der Waals surface area (Å²) in [6.07, 6.45) is 6.53. The number of aliphatic hydroxyl groups excluding tert-OH is 1. The third-order valence-electron chi connectivity index (χ3n) is 7.19. The molecule has 2 saturated carbocycles. The topological polar surface area (TPSA) is 101 Å². The summed E-state index contributed by atoms with van der Waals surface area (Å²) in [5.74, 6) is 0. The normalized spacial score (nSPS) is 31.1. The lowest BCUT2D eigenvalue weighted by atomic mass is 9.93. The van der Waals surface area contributed by atoms with E-state index in [1.54, 1.807) is 12.1 Å². The second-order valence-electron chi connectivity index (χ2n) is 9.38. The molecular weight excluding hydrogens is 414 g/mol. The summed E-state index contributed by atoms with van der Waals surface area (Å²) >= 11 is 0. The van der Waals surface area contributed by atoms with Crippen LogP contribution >= 0.6 is 0 Å². The highest BCUT2D eigenvalue weighted by Gasteiger charge is 2.50. The molecule has 0 spiro atoms. The molecule has 3 N–H and O–H groups in total. The summed E-state index contributed by atoms with van der Waals surface area (Å²) < 4.78 is 35.9. The van der Waals surface area contributed by atoms with E-state index in [1.165, 1.54) is 0 Å². The van der Waals surface area contributed by atoms with Crippen molar-refractivity contribution in [3.63, 3.8) is 0 Å². The van der Waals surface area contributed by atoms with Gasteiger partial charge in [0.05, 0.1) is 23.3 Å². The van der Waals surface area contributed by atoms with Gasteiger partial charge in [-0.15, -0.1) is 0 Å². The lowest BCUT2D eigenvalue weighted by Crippen LogP contribution is -2.50. The first-order chi connectivity index (χ1) is 14.9. The van der Waals surface area contributed by atoms with Crippen LogP contribution in [0.2, 0.25) is 0 Å². The average molecular weight is 446 g/mol. The number of fused-ring (bicyclic) bond motifs is 2. The van der Waals surface area contributed by atoms with E-state index in [0.717, 1.165) is 61.7 Å². The van der Waals surface area contributed by atoms with Crippen molar-refractivity contribution in [1.29, 1.82) is 0 Å². The van der Waals surface area contributed by atoms with E-state index in [-0.39, 0.29) is 23.1 Å². The Kier molecular flexibility index (Phi) is 5.45. The molecule has 1 saturated heterocycles. The van der Waals surface area contributed by atoms with Gasteiger partial charge in [-0.05, 0) is 70.4 Å². The largest absolute Gasteiger partial charge is 0.393 e. The molecule has 0 unspecified atom stereocenters. The first-order valence-corrected chi connectivity index (χ1v) is 12.9. The summed E-state index contributed by atoms with van der Waals surface area (Å²) in [6, 6.07) is 7.61. The van der Waals surface area contributed by atoms with Crippen LogP contribution in [0.5, 0.6) is 0 Å². The molecule has 0 radical (unpaired) electrons. The van der Waals surface area contributed by atoms with E-state index in [2.05, 4.69) is 15.0 Å². The van der Waals surface area contributed by atoms with E-state index < -0.39 is 15.6 Å². The first-order valence-electron chi connectivity index (χ1n) is 11.4. The molecule has 3 aliphatic rings. The number of aromatic nitrogens is 1. The van der Waals surface area contributed by atoms with Gasteiger partial charge in [-0.1, -0.05) is 12.1 Å². The maximum Gasteiger partial charge on any atom is 0.243 e. The predicted molar refractivity (Wildman–Crippen MR) is 120 cm³/mol. The smallest absolute Gasteiger partial charge is 0.243 e. The Labute approximate surface area is 183 Å². The van der Waals surface area contributed by atoms with Gasteiger partial charge in [0.1, 0.15) is 4.90 Å². The Hall–Kier alpha value is -1.74. The number of pyridine rings is 1. The van der Waals surface area contributed by atoms with Crippen molar-refractivity contribution in [3.05, 3.63) is 30.0 Å². The maximum absolute atomic E-state index is 13.5. The molecule has 1 aromatic carbocycles. The highest BCUT2D eigenvalue weighted by atomic mass is 32.2. The van der Waals surface area contributed by atoms with E-state index >= 15 is 0 Å². The summed E-state index contributed by atoms with van der Waals surface area (Å²) in [4.78, 5) is 4.86. The van der Waals surface area contributed by atoms with Crippen LogP contribution in [0.25, 0.3) is 10.9 Å². The lowest BCUT2D eigenvalue weighted by molar-refractivity contribution is 0.0912. The van der Waals surface area contributed by atoms with Crippen LogP contribution in [0.1, 0.15) is 57.1 Å². The van der Waals surface area contributed by atoms with Gasteiger partial charge in [-0.2, -0.15) is 0 Å². The molecule has 3 fully saturated rings. The lowest BCUT2D eigenvalue weighted by Gasteiger charge is -2.29. The van der Waals surface area contributed by atoms with Gasteiger partial charge >= 0.3 is 0 Å². The molecule has 168 valence electrons. The second kappa shape index (κ2) is 7.99. The summed E-state index contributed by atoms with van der Waals surface area (Å²) in [5, 5.41) is 14.2. The van der Waals surface area contributed by atoms with Crippen LogP contribution < -0.4 is 10.0 Å². The number of hydrogen-bond acceptors (Lipinski definition) is 6. The minimum absolute atomic E-state index is 0.0363. The Bertz CT molecular complexity index is 1070. The highest BCUT2D eigenvalue weighted by molar-refractivity contribution is 7.89. The first kappa shape index (κ1) is 21.1. The Balaban J connectivity index is 1.50. The van der Waals surface area contributed by atoms with Crippen LogP contribution in [0.15, 0.2) is 29.2 Å². The molecule has 2 aromatic rings. The molecule has 31 heavy (non-hydrogen) atoms. The van der Waals surface area contributed by atoms with E-state index in [9.17, 15) is 13.5 Å². The van der Waals surface area contributed by atoms with Gasteiger partial charge in [0.25, 0.3) is 0 Å². The number of benzene rings is 1. The van der Waals surface area contributed by atoms with Crippen LogP contribution in [0.4, 0.5) is 5.69 Å². The van der Waals surface area contributed by atoms with Crippen molar-refractivity contribution >= 4 is 26.6 Å². The number of rotatable bonds is 5. The fourth-order valence-corrected chi connectivity index (χ4v) is 7.22. The Morgan fingerprint density at radius 1 is 1.16 bits per heavy atom. The second-order valence-corrected chi connectivity index (χ2v) is 11.0. The van der Waals surface area contributed by atoms with E-state index in [1.807, 2.05) is 19.1 Å². The number of hydrogen-bond donors (Lipinski definition) is 3. The molecule has 0 amide bonds. The van der Waals surface area contributed by atoms with Crippen LogP contribution in [-0.2, 0) is 14.8 Å². The zero-order valence-electron chi connectivity index (χ0n) is 17.9. The van der Waals surface area contributed by atoms with Gasteiger partial charge in [0.15, 0.2) is 0 Å². The number of anilines is 1. The molecule has 2 heterocycles. The van der Waals surface area contributed by atoms with Crippen molar-refractivity contribution < 1.29 is 18.3 Å². The summed E-state index contributed by atoms with van der Waals surface area (Å²) in [5.41, 5.74) is 1.68. The summed E-state index contributed by atoms with van der Waals surface area (Å²) in [6.45, 7) is 2.49. The zero-order chi connectivity index (χ0) is 21.6. The number of aliphatic hydroxyl groups is 1. The molecule has 8 heteroatoms. The number of nitrogens with one attached hydrogen (secondary N) is 2. The van der Waals surface area contributed by atoms with E-state index in [0.29, 0.717) is 18.5 Å². The third kappa shape index (κ3) is 3.95. The maximum atomic E-state index is 13.5. The SMILES string of the molecule is Cc1cc(NC2CCC(O)CC2)c2cccc(S(=O)(=O)N[C@]34CCC[C@H]3OCC4)c2n1. The molecule has 1 aromatic heterocycles. The van der Waals surface area contributed by atoms with Crippen molar-refractivity contribution in [2.75, 3.05) is 11.9 Å². The van der Waals surface area contributed by atoms with Crippen LogP contribution in [-0.4, -0.2) is 48.9 Å². The van der Waals surface area contributed by atoms with Gasteiger partial charge in [0, 0.05) is 29.4 Å². The van der Waals surface area contributed by atoms with Crippen molar-refractivity contribution in [2.24, 2.45) is 0 Å². The highest BCUT2D eigenvalue weighted by Crippen LogP contribution is 2.41. The molecule has 0 bridgehead atoms. The monoisotopic (exact) mass is 445 g/mol. The van der Waals surface area contributed by atoms with Gasteiger partial charge in [-0.3, -0.25) is 4.98 Å². The molecule has 7 nitrogen and oxygen atoms in total. The zero-order valence-corrected chi connectivity index (χ0v) is 18.7. The quantitative estimate of drug-likeness (QED) is 0.653. The predicted octanol–water partition coefficient (Wildman–Crippen LogP) is 3.25.